The Kier molecular flexibility index (Phi) is 4.97. The van der Waals surface area contributed by atoms with Gasteiger partial charge in [-0.2, -0.15) is 0 Å². The highest BCUT2D eigenvalue weighted by atomic mass is 19.1. The van der Waals surface area contributed by atoms with Gasteiger partial charge in [0.2, 0.25) is 0 Å². The second-order valence-electron chi connectivity index (χ2n) is 4.88. The maximum atomic E-state index is 13.6. The lowest BCUT2D eigenvalue weighted by Gasteiger charge is -2.10. The molecule has 0 fully saturated rings. The molecule has 0 unspecified atom stereocenters. The zero-order chi connectivity index (χ0) is 15.2. The minimum Gasteiger partial charge on any atom is -0.489 e. The molecule has 0 saturated heterocycles. The van der Waals surface area contributed by atoms with Crippen LogP contribution < -0.4 is 10.5 Å². The topological polar surface area (TPSA) is 35.2 Å². The van der Waals surface area contributed by atoms with Crippen LogP contribution in [0.25, 0.3) is 0 Å². The average Bonchev–Trinajstić information content (AvgIpc) is 2.46. The summed E-state index contributed by atoms with van der Waals surface area (Å²) in [5, 5.41) is 0. The molecular formula is C18H18FNO. The lowest BCUT2D eigenvalue weighted by atomic mass is 10.1. The molecule has 2 nitrogen and oxygen atoms in total. The highest BCUT2D eigenvalue weighted by Crippen LogP contribution is 2.20. The highest BCUT2D eigenvalue weighted by Gasteiger charge is 2.04. The average molecular weight is 283 g/mol. The summed E-state index contributed by atoms with van der Waals surface area (Å²) in [4.78, 5) is 0. The Morgan fingerprint density at radius 2 is 1.95 bits per heavy atom. The van der Waals surface area contributed by atoms with E-state index in [4.69, 9.17) is 10.5 Å². The Balaban J connectivity index is 2.13. The number of benzene rings is 2. The van der Waals surface area contributed by atoms with E-state index < -0.39 is 0 Å². The van der Waals surface area contributed by atoms with E-state index in [0.717, 1.165) is 16.9 Å². The molecule has 0 bridgehead atoms. The maximum absolute atomic E-state index is 13.6. The molecule has 0 atom stereocenters. The number of hydrogen-bond donors (Lipinski definition) is 1. The van der Waals surface area contributed by atoms with Gasteiger partial charge in [0, 0.05) is 0 Å². The largest absolute Gasteiger partial charge is 0.489 e. The quantitative estimate of drug-likeness (QED) is 0.877. The first-order chi connectivity index (χ1) is 10.1. The molecule has 0 aliphatic heterocycles. The van der Waals surface area contributed by atoms with Crippen LogP contribution in [0.2, 0.25) is 0 Å². The fraction of sp³-hybridized carbons (Fsp3) is 0.222. The minimum atomic E-state index is -0.341. The molecular weight excluding hydrogens is 265 g/mol. The molecule has 108 valence electrons. The Morgan fingerprint density at radius 3 is 2.67 bits per heavy atom. The van der Waals surface area contributed by atoms with Crippen molar-refractivity contribution in [3.63, 3.8) is 0 Å². The van der Waals surface area contributed by atoms with Crippen molar-refractivity contribution in [2.24, 2.45) is 5.73 Å². The smallest absolute Gasteiger partial charge is 0.138 e. The van der Waals surface area contributed by atoms with E-state index in [2.05, 4.69) is 17.9 Å². The summed E-state index contributed by atoms with van der Waals surface area (Å²) in [6.45, 7) is 4.63. The second kappa shape index (κ2) is 6.92. The molecule has 0 aliphatic rings. The van der Waals surface area contributed by atoms with Crippen molar-refractivity contribution in [3.05, 3.63) is 64.5 Å². The number of aryl methyl sites for hydroxylation is 2. The van der Waals surface area contributed by atoms with Crippen LogP contribution in [0.1, 0.15) is 22.3 Å². The summed E-state index contributed by atoms with van der Waals surface area (Å²) in [7, 11) is 0. The van der Waals surface area contributed by atoms with Gasteiger partial charge in [0.15, 0.2) is 0 Å². The van der Waals surface area contributed by atoms with Gasteiger partial charge in [-0.25, -0.2) is 4.39 Å². The van der Waals surface area contributed by atoms with Crippen LogP contribution >= 0.6 is 0 Å². The molecule has 0 saturated carbocycles. The maximum Gasteiger partial charge on any atom is 0.138 e. The van der Waals surface area contributed by atoms with Gasteiger partial charge in [-0.05, 0) is 43.2 Å². The molecule has 0 aromatic heterocycles. The fourth-order valence-electron chi connectivity index (χ4n) is 2.03. The first-order valence-electron chi connectivity index (χ1n) is 6.77. The lowest BCUT2D eigenvalue weighted by molar-refractivity contribution is 0.304. The summed E-state index contributed by atoms with van der Waals surface area (Å²) in [6, 6.07) is 10.8. The Bertz CT molecular complexity index is 698. The zero-order valence-corrected chi connectivity index (χ0v) is 12.2. The third kappa shape index (κ3) is 4.08. The third-order valence-corrected chi connectivity index (χ3v) is 3.08. The Hall–Kier alpha value is -2.31. The SMILES string of the molecule is Cc1ccc(OCc2ccc(F)c(C#CCN)c2)c(C)c1. The highest BCUT2D eigenvalue weighted by molar-refractivity contribution is 5.39. The molecule has 3 heteroatoms. The van der Waals surface area contributed by atoms with Crippen LogP contribution in [-0.2, 0) is 6.61 Å². The standard InChI is InChI=1S/C18H18FNO/c1-13-5-8-18(14(2)10-13)21-12-15-6-7-17(19)16(11-15)4-3-9-20/h5-8,10-11H,9,12,20H2,1-2H3. The summed E-state index contributed by atoms with van der Waals surface area (Å²) in [6.07, 6.45) is 0. The van der Waals surface area contributed by atoms with E-state index in [1.807, 2.05) is 26.0 Å². The molecule has 2 N–H and O–H groups in total. The summed E-state index contributed by atoms with van der Waals surface area (Å²) in [5.41, 5.74) is 8.81. The van der Waals surface area contributed by atoms with E-state index in [0.29, 0.717) is 12.2 Å². The predicted molar refractivity (Wildman–Crippen MR) is 82.6 cm³/mol. The Labute approximate surface area is 124 Å². The second-order valence-corrected chi connectivity index (χ2v) is 4.88. The van der Waals surface area contributed by atoms with Gasteiger partial charge in [-0.15, -0.1) is 0 Å². The summed E-state index contributed by atoms with van der Waals surface area (Å²) < 4.78 is 19.4. The molecule has 2 aromatic rings. The van der Waals surface area contributed by atoms with Crippen LogP contribution in [0, 0.1) is 31.5 Å². The monoisotopic (exact) mass is 283 g/mol. The summed E-state index contributed by atoms with van der Waals surface area (Å²) in [5.74, 6) is 5.87. The predicted octanol–water partition coefficient (Wildman–Crippen LogP) is 3.33. The normalized spacial score (nSPS) is 9.90. The Morgan fingerprint density at radius 1 is 1.14 bits per heavy atom. The van der Waals surface area contributed by atoms with Gasteiger partial charge in [0.25, 0.3) is 0 Å². The van der Waals surface area contributed by atoms with E-state index in [1.165, 1.54) is 11.6 Å². The van der Waals surface area contributed by atoms with E-state index in [9.17, 15) is 4.39 Å². The molecule has 2 aromatic carbocycles. The fourth-order valence-corrected chi connectivity index (χ4v) is 2.03. The first kappa shape index (κ1) is 15.1. The molecule has 2 rings (SSSR count). The molecule has 21 heavy (non-hydrogen) atoms. The molecule has 0 aliphatic carbocycles. The van der Waals surface area contributed by atoms with Crippen LogP contribution in [0.15, 0.2) is 36.4 Å². The van der Waals surface area contributed by atoms with Crippen molar-refractivity contribution in [2.45, 2.75) is 20.5 Å². The van der Waals surface area contributed by atoms with E-state index >= 15 is 0 Å². The third-order valence-electron chi connectivity index (χ3n) is 3.08. The van der Waals surface area contributed by atoms with E-state index in [1.54, 1.807) is 12.1 Å². The van der Waals surface area contributed by atoms with Gasteiger partial charge < -0.3 is 10.5 Å². The molecule has 0 radical (unpaired) electrons. The van der Waals surface area contributed by atoms with Crippen molar-refractivity contribution in [3.8, 4) is 17.6 Å². The zero-order valence-electron chi connectivity index (χ0n) is 12.2. The van der Waals surface area contributed by atoms with Crippen LogP contribution in [0.5, 0.6) is 5.75 Å². The summed E-state index contributed by atoms with van der Waals surface area (Å²) >= 11 is 0. The first-order valence-corrected chi connectivity index (χ1v) is 6.77. The van der Waals surface area contributed by atoms with Gasteiger partial charge in [0.1, 0.15) is 18.2 Å². The van der Waals surface area contributed by atoms with Crippen molar-refractivity contribution in [2.75, 3.05) is 6.54 Å². The van der Waals surface area contributed by atoms with Crippen molar-refractivity contribution in [1.82, 2.24) is 0 Å². The van der Waals surface area contributed by atoms with Crippen LogP contribution in [0.4, 0.5) is 4.39 Å². The number of hydrogen-bond acceptors (Lipinski definition) is 2. The lowest BCUT2D eigenvalue weighted by Crippen LogP contribution is -1.99. The van der Waals surface area contributed by atoms with Crippen molar-refractivity contribution >= 4 is 0 Å². The van der Waals surface area contributed by atoms with Crippen LogP contribution in [-0.4, -0.2) is 6.54 Å². The van der Waals surface area contributed by atoms with Gasteiger partial charge in [-0.3, -0.25) is 0 Å². The number of rotatable bonds is 3. The van der Waals surface area contributed by atoms with Gasteiger partial charge >= 0.3 is 0 Å². The number of nitrogens with two attached hydrogens (primary N) is 1. The van der Waals surface area contributed by atoms with Crippen LogP contribution in [0.3, 0.4) is 0 Å². The van der Waals surface area contributed by atoms with Crippen molar-refractivity contribution in [1.29, 1.82) is 0 Å². The van der Waals surface area contributed by atoms with E-state index in [-0.39, 0.29) is 12.4 Å². The number of halogens is 1. The van der Waals surface area contributed by atoms with Crippen molar-refractivity contribution < 1.29 is 9.13 Å². The van der Waals surface area contributed by atoms with Gasteiger partial charge in [-0.1, -0.05) is 35.6 Å². The molecule has 0 heterocycles. The number of ether oxygens (including phenoxy) is 1. The molecule has 0 spiro atoms. The molecule has 0 amide bonds. The van der Waals surface area contributed by atoms with Gasteiger partial charge in [0.05, 0.1) is 12.1 Å². The minimum absolute atomic E-state index is 0.211.